The van der Waals surface area contributed by atoms with Gasteiger partial charge in [0.1, 0.15) is 0 Å². The molecule has 0 aromatic heterocycles. The number of hydrogen-bond donors (Lipinski definition) is 1. The van der Waals surface area contributed by atoms with Crippen LogP contribution < -0.4 is 5.73 Å². The Labute approximate surface area is 97.2 Å². The zero-order valence-corrected chi connectivity index (χ0v) is 9.86. The summed E-state index contributed by atoms with van der Waals surface area (Å²) in [6, 6.07) is 8.67. The molecule has 2 rings (SSSR count). The van der Waals surface area contributed by atoms with E-state index in [4.69, 9.17) is 10.5 Å². The summed E-state index contributed by atoms with van der Waals surface area (Å²) in [6.45, 7) is 3.66. The molecule has 0 fully saturated rings. The topological polar surface area (TPSA) is 38.5 Å². The van der Waals surface area contributed by atoms with Crippen LogP contribution in [0.3, 0.4) is 0 Å². The van der Waals surface area contributed by atoms with E-state index < -0.39 is 0 Å². The van der Waals surface area contributed by atoms with E-state index in [1.54, 1.807) is 7.11 Å². The van der Waals surface area contributed by atoms with Crippen LogP contribution in [-0.2, 0) is 17.7 Å². The molecule has 1 aromatic rings. The molecule has 16 heavy (non-hydrogen) atoms. The summed E-state index contributed by atoms with van der Waals surface area (Å²) in [5.41, 5.74) is 8.57. The number of fused-ring (bicyclic) bond motifs is 1. The summed E-state index contributed by atoms with van der Waals surface area (Å²) >= 11 is 0. The van der Waals surface area contributed by atoms with Crippen LogP contribution in [-0.4, -0.2) is 37.7 Å². The molecule has 1 aromatic carbocycles. The third kappa shape index (κ3) is 2.61. The summed E-state index contributed by atoms with van der Waals surface area (Å²) in [7, 11) is 1.73. The highest BCUT2D eigenvalue weighted by Gasteiger charge is 2.18. The van der Waals surface area contributed by atoms with Gasteiger partial charge >= 0.3 is 0 Å². The summed E-state index contributed by atoms with van der Waals surface area (Å²) in [5.74, 6) is 0. The Bertz CT molecular complexity index is 336. The van der Waals surface area contributed by atoms with Crippen LogP contribution in [0.15, 0.2) is 24.3 Å². The Hall–Kier alpha value is -0.900. The molecule has 0 bridgehead atoms. The Kier molecular flexibility index (Phi) is 3.93. The van der Waals surface area contributed by atoms with E-state index >= 15 is 0 Å². The molecule has 1 heterocycles. The van der Waals surface area contributed by atoms with Crippen LogP contribution >= 0.6 is 0 Å². The zero-order valence-electron chi connectivity index (χ0n) is 9.86. The minimum absolute atomic E-state index is 0.158. The number of ether oxygens (including phenoxy) is 1. The van der Waals surface area contributed by atoms with Gasteiger partial charge in [-0.3, -0.25) is 4.90 Å². The lowest BCUT2D eigenvalue weighted by atomic mass is 10.00. The molecule has 0 aliphatic carbocycles. The van der Waals surface area contributed by atoms with E-state index in [1.807, 2.05) is 0 Å². The van der Waals surface area contributed by atoms with Gasteiger partial charge in [-0.15, -0.1) is 0 Å². The second-order valence-corrected chi connectivity index (χ2v) is 4.35. The molecule has 2 N–H and O–H groups in total. The van der Waals surface area contributed by atoms with Crippen molar-refractivity contribution in [3.05, 3.63) is 35.4 Å². The lowest BCUT2D eigenvalue weighted by molar-refractivity contribution is 0.0654. The number of methoxy groups -OCH3 is 1. The molecule has 3 nitrogen and oxygen atoms in total. The highest BCUT2D eigenvalue weighted by Crippen LogP contribution is 2.18. The molecule has 0 spiro atoms. The molecule has 0 radical (unpaired) electrons. The first-order valence-corrected chi connectivity index (χ1v) is 5.85. The number of benzene rings is 1. The van der Waals surface area contributed by atoms with Crippen molar-refractivity contribution in [1.29, 1.82) is 0 Å². The highest BCUT2D eigenvalue weighted by molar-refractivity contribution is 5.29. The molecule has 0 saturated heterocycles. The monoisotopic (exact) mass is 220 g/mol. The Balaban J connectivity index is 1.97. The second-order valence-electron chi connectivity index (χ2n) is 4.35. The van der Waals surface area contributed by atoms with Gasteiger partial charge in [0.2, 0.25) is 0 Å². The van der Waals surface area contributed by atoms with Gasteiger partial charge in [0.15, 0.2) is 0 Å². The van der Waals surface area contributed by atoms with Gasteiger partial charge < -0.3 is 10.5 Å². The second kappa shape index (κ2) is 5.43. The normalized spacial score (nSPS) is 18.1. The van der Waals surface area contributed by atoms with E-state index in [0.717, 1.165) is 26.1 Å². The van der Waals surface area contributed by atoms with Crippen molar-refractivity contribution in [3.63, 3.8) is 0 Å². The van der Waals surface area contributed by atoms with Crippen molar-refractivity contribution >= 4 is 0 Å². The maximum absolute atomic E-state index is 5.64. The van der Waals surface area contributed by atoms with Gasteiger partial charge in [-0.05, 0) is 17.5 Å². The van der Waals surface area contributed by atoms with Crippen LogP contribution in [0.25, 0.3) is 0 Å². The van der Waals surface area contributed by atoms with E-state index in [0.29, 0.717) is 6.54 Å². The Morgan fingerprint density at radius 1 is 1.38 bits per heavy atom. The lowest BCUT2D eigenvalue weighted by Crippen LogP contribution is -2.40. The number of rotatable bonds is 4. The minimum atomic E-state index is 0.158. The third-order valence-corrected chi connectivity index (χ3v) is 3.27. The minimum Gasteiger partial charge on any atom is -0.379 e. The first kappa shape index (κ1) is 11.6. The molecule has 1 aliphatic heterocycles. The van der Waals surface area contributed by atoms with Crippen LogP contribution in [0.4, 0.5) is 0 Å². The zero-order chi connectivity index (χ0) is 11.4. The van der Waals surface area contributed by atoms with Gasteiger partial charge in [0, 0.05) is 33.3 Å². The maximum atomic E-state index is 5.64. The summed E-state index contributed by atoms with van der Waals surface area (Å²) in [4.78, 5) is 2.42. The largest absolute Gasteiger partial charge is 0.379 e. The van der Waals surface area contributed by atoms with Crippen molar-refractivity contribution in [2.75, 3.05) is 26.7 Å². The molecule has 3 heteroatoms. The van der Waals surface area contributed by atoms with Gasteiger partial charge in [-0.2, -0.15) is 0 Å². The fourth-order valence-electron chi connectivity index (χ4n) is 2.24. The lowest BCUT2D eigenvalue weighted by Gasteiger charge is -2.31. The Morgan fingerprint density at radius 3 is 2.81 bits per heavy atom. The predicted molar refractivity (Wildman–Crippen MR) is 65.3 cm³/mol. The van der Waals surface area contributed by atoms with Gasteiger partial charge in [-0.1, -0.05) is 24.3 Å². The number of nitrogens with zero attached hydrogens (tertiary/aromatic N) is 1. The fraction of sp³-hybridized carbons (Fsp3) is 0.538. The summed E-state index contributed by atoms with van der Waals surface area (Å²) in [6.07, 6.45) is 1.29. The SMILES string of the molecule is COC(CN)CN1CCc2ccccc2C1. The van der Waals surface area contributed by atoms with Crippen LogP contribution in [0.2, 0.25) is 0 Å². The molecule has 1 unspecified atom stereocenters. The van der Waals surface area contributed by atoms with Crippen molar-refractivity contribution in [2.24, 2.45) is 5.73 Å². The maximum Gasteiger partial charge on any atom is 0.0820 e. The van der Waals surface area contributed by atoms with Crippen LogP contribution in [0.1, 0.15) is 11.1 Å². The molecule has 88 valence electrons. The first-order chi connectivity index (χ1) is 7.83. The quantitative estimate of drug-likeness (QED) is 0.823. The first-order valence-electron chi connectivity index (χ1n) is 5.85. The number of nitrogens with two attached hydrogens (primary N) is 1. The van der Waals surface area contributed by atoms with Crippen molar-refractivity contribution < 1.29 is 4.74 Å². The molecule has 1 aliphatic rings. The van der Waals surface area contributed by atoms with E-state index in [1.165, 1.54) is 11.1 Å². The van der Waals surface area contributed by atoms with Crippen molar-refractivity contribution in [1.82, 2.24) is 4.90 Å². The molecule has 1 atom stereocenters. The standard InChI is InChI=1S/C13H20N2O/c1-16-13(8-14)10-15-7-6-11-4-2-3-5-12(11)9-15/h2-5,13H,6-10,14H2,1H3. The van der Waals surface area contributed by atoms with Crippen molar-refractivity contribution in [3.8, 4) is 0 Å². The van der Waals surface area contributed by atoms with E-state index in [-0.39, 0.29) is 6.10 Å². The molecular weight excluding hydrogens is 200 g/mol. The fourth-order valence-corrected chi connectivity index (χ4v) is 2.24. The molecular formula is C13H20N2O. The van der Waals surface area contributed by atoms with Crippen LogP contribution in [0.5, 0.6) is 0 Å². The molecule has 0 amide bonds. The van der Waals surface area contributed by atoms with Gasteiger partial charge in [0.25, 0.3) is 0 Å². The number of hydrogen-bond acceptors (Lipinski definition) is 3. The smallest absolute Gasteiger partial charge is 0.0820 e. The van der Waals surface area contributed by atoms with E-state index in [2.05, 4.69) is 29.2 Å². The van der Waals surface area contributed by atoms with Crippen LogP contribution in [0, 0.1) is 0 Å². The molecule has 0 saturated carbocycles. The summed E-state index contributed by atoms with van der Waals surface area (Å²) in [5, 5.41) is 0. The average Bonchev–Trinajstić information content (AvgIpc) is 2.35. The van der Waals surface area contributed by atoms with Gasteiger partial charge in [0.05, 0.1) is 6.10 Å². The predicted octanol–water partition coefficient (Wildman–Crippen LogP) is 1.02. The summed E-state index contributed by atoms with van der Waals surface area (Å²) < 4.78 is 5.32. The van der Waals surface area contributed by atoms with Gasteiger partial charge in [-0.25, -0.2) is 0 Å². The Morgan fingerprint density at radius 2 is 2.12 bits per heavy atom. The highest BCUT2D eigenvalue weighted by atomic mass is 16.5. The third-order valence-electron chi connectivity index (χ3n) is 3.27. The van der Waals surface area contributed by atoms with Crippen molar-refractivity contribution in [2.45, 2.75) is 19.1 Å². The van der Waals surface area contributed by atoms with E-state index in [9.17, 15) is 0 Å². The average molecular weight is 220 g/mol.